The van der Waals surface area contributed by atoms with E-state index < -0.39 is 29.0 Å². The summed E-state index contributed by atoms with van der Waals surface area (Å²) in [5.41, 5.74) is 0.555. The number of carbonyl (C=O) groups excluding carboxylic acids is 1. The number of nitrogens with zero attached hydrogens (tertiary/aromatic N) is 4. The summed E-state index contributed by atoms with van der Waals surface area (Å²) in [5.74, 6) is -4.72. The Bertz CT molecular complexity index is 967. The number of carbonyl (C=O) groups is 1. The van der Waals surface area contributed by atoms with Crippen LogP contribution in [0.2, 0.25) is 0 Å². The first-order chi connectivity index (χ1) is 13.5. The van der Waals surface area contributed by atoms with Gasteiger partial charge in [0.25, 0.3) is 5.91 Å². The predicted octanol–water partition coefficient (Wildman–Crippen LogP) is 3.22. The van der Waals surface area contributed by atoms with Crippen LogP contribution < -0.4 is 10.2 Å². The molecule has 1 aromatic carbocycles. The molecule has 0 saturated heterocycles. The molecule has 0 unspecified atom stereocenters. The Kier molecular flexibility index (Phi) is 5.83. The summed E-state index contributed by atoms with van der Waals surface area (Å²) in [6, 6.07) is 5.50. The van der Waals surface area contributed by atoms with Crippen LogP contribution in [0.3, 0.4) is 0 Å². The average Bonchev–Trinajstić information content (AvgIpc) is 2.73. The molecule has 0 spiro atoms. The van der Waals surface area contributed by atoms with Gasteiger partial charge in [-0.25, -0.2) is 23.1 Å². The number of pyridine rings is 1. The van der Waals surface area contributed by atoms with Crippen LogP contribution in [0.4, 0.5) is 24.7 Å². The first-order valence-corrected chi connectivity index (χ1v) is 8.32. The number of hydrogen-bond donors (Lipinski definition) is 1. The maximum absolute atomic E-state index is 13.7. The molecule has 6 nitrogen and oxygen atoms in total. The van der Waals surface area contributed by atoms with Gasteiger partial charge < -0.3 is 10.2 Å². The zero-order valence-electron chi connectivity index (χ0n) is 14.9. The molecule has 144 valence electrons. The molecule has 0 radical (unpaired) electrons. The van der Waals surface area contributed by atoms with Gasteiger partial charge in [0.15, 0.2) is 17.5 Å². The molecule has 3 rings (SSSR count). The van der Waals surface area contributed by atoms with Crippen LogP contribution >= 0.6 is 0 Å². The summed E-state index contributed by atoms with van der Waals surface area (Å²) < 4.78 is 39.9. The molecule has 0 atom stereocenters. The molecule has 0 aliphatic heterocycles. The summed E-state index contributed by atoms with van der Waals surface area (Å²) >= 11 is 0. The van der Waals surface area contributed by atoms with Crippen molar-refractivity contribution in [2.24, 2.45) is 0 Å². The van der Waals surface area contributed by atoms with Crippen molar-refractivity contribution in [3.05, 3.63) is 77.8 Å². The lowest BCUT2D eigenvalue weighted by molar-refractivity contribution is 0.102. The maximum Gasteiger partial charge on any atom is 0.275 e. The van der Waals surface area contributed by atoms with Gasteiger partial charge in [-0.15, -0.1) is 0 Å². The minimum atomic E-state index is -1.66. The molecule has 3 aromatic rings. The van der Waals surface area contributed by atoms with Gasteiger partial charge in [-0.1, -0.05) is 0 Å². The van der Waals surface area contributed by atoms with Crippen LogP contribution in [0.25, 0.3) is 0 Å². The van der Waals surface area contributed by atoms with Crippen LogP contribution in [0.5, 0.6) is 0 Å². The predicted molar refractivity (Wildman–Crippen MR) is 97.5 cm³/mol. The molecule has 0 aliphatic carbocycles. The van der Waals surface area contributed by atoms with Crippen molar-refractivity contribution in [2.45, 2.75) is 6.42 Å². The SMILES string of the molecule is CN(CCc1ccncc1)c1cnc(C(=O)Nc2ccc(F)c(F)c2F)cn1. The van der Waals surface area contributed by atoms with Crippen LogP contribution in [0.15, 0.2) is 49.1 Å². The second kappa shape index (κ2) is 8.47. The van der Waals surface area contributed by atoms with Crippen molar-refractivity contribution in [1.29, 1.82) is 0 Å². The number of aromatic nitrogens is 3. The van der Waals surface area contributed by atoms with E-state index in [0.717, 1.165) is 24.1 Å². The second-order valence-electron chi connectivity index (χ2n) is 5.96. The number of rotatable bonds is 6. The highest BCUT2D eigenvalue weighted by atomic mass is 19.2. The fourth-order valence-corrected chi connectivity index (χ4v) is 2.41. The highest BCUT2D eigenvalue weighted by Crippen LogP contribution is 2.20. The molecular weight excluding hydrogens is 371 g/mol. The maximum atomic E-state index is 13.7. The highest BCUT2D eigenvalue weighted by Gasteiger charge is 2.17. The van der Waals surface area contributed by atoms with E-state index in [1.54, 1.807) is 12.4 Å². The van der Waals surface area contributed by atoms with Crippen LogP contribution in [0.1, 0.15) is 16.1 Å². The number of benzene rings is 1. The Hall–Kier alpha value is -3.49. The van der Waals surface area contributed by atoms with Crippen LogP contribution in [0, 0.1) is 17.5 Å². The molecule has 9 heteroatoms. The van der Waals surface area contributed by atoms with E-state index in [1.807, 2.05) is 24.1 Å². The highest BCUT2D eigenvalue weighted by molar-refractivity contribution is 6.02. The zero-order chi connectivity index (χ0) is 20.1. The fourth-order valence-electron chi connectivity index (χ4n) is 2.41. The Morgan fingerprint density at radius 3 is 2.46 bits per heavy atom. The molecule has 2 heterocycles. The lowest BCUT2D eigenvalue weighted by atomic mass is 10.2. The molecule has 1 amide bonds. The van der Waals surface area contributed by atoms with Gasteiger partial charge in [0.2, 0.25) is 0 Å². The first-order valence-electron chi connectivity index (χ1n) is 8.32. The van der Waals surface area contributed by atoms with Gasteiger partial charge in [0.1, 0.15) is 11.5 Å². The largest absolute Gasteiger partial charge is 0.358 e. The summed E-state index contributed by atoms with van der Waals surface area (Å²) in [6.45, 7) is 0.671. The van der Waals surface area contributed by atoms with Crippen molar-refractivity contribution in [1.82, 2.24) is 15.0 Å². The number of likely N-dealkylation sites (N-methyl/N-ethyl adjacent to an activating group) is 1. The van der Waals surface area contributed by atoms with Crippen molar-refractivity contribution >= 4 is 17.4 Å². The number of nitrogens with one attached hydrogen (secondary N) is 1. The fraction of sp³-hybridized carbons (Fsp3) is 0.158. The number of anilines is 2. The average molecular weight is 387 g/mol. The van der Waals surface area contributed by atoms with Gasteiger partial charge in [-0.05, 0) is 36.2 Å². The topological polar surface area (TPSA) is 71.0 Å². The smallest absolute Gasteiger partial charge is 0.275 e. The van der Waals surface area contributed by atoms with Crippen molar-refractivity contribution in [3.63, 3.8) is 0 Å². The molecule has 2 aromatic heterocycles. The van der Waals surface area contributed by atoms with E-state index in [2.05, 4.69) is 20.3 Å². The number of halogens is 3. The summed E-state index contributed by atoms with van der Waals surface area (Å²) in [5, 5.41) is 2.15. The van der Waals surface area contributed by atoms with Gasteiger partial charge >= 0.3 is 0 Å². The van der Waals surface area contributed by atoms with Gasteiger partial charge in [-0.2, -0.15) is 0 Å². The molecular formula is C19H16F3N5O. The second-order valence-corrected chi connectivity index (χ2v) is 5.96. The molecule has 0 bridgehead atoms. The molecule has 0 aliphatic rings. The minimum absolute atomic E-state index is 0.0876. The Morgan fingerprint density at radius 1 is 1.04 bits per heavy atom. The Balaban J connectivity index is 1.63. The summed E-state index contributed by atoms with van der Waals surface area (Å²) in [7, 11) is 1.83. The molecule has 0 fully saturated rings. The molecule has 28 heavy (non-hydrogen) atoms. The van der Waals surface area contributed by atoms with Crippen molar-refractivity contribution in [2.75, 3.05) is 23.8 Å². The van der Waals surface area contributed by atoms with Crippen LogP contribution in [-0.2, 0) is 6.42 Å². The minimum Gasteiger partial charge on any atom is -0.358 e. The van der Waals surface area contributed by atoms with E-state index in [9.17, 15) is 18.0 Å². The zero-order valence-corrected chi connectivity index (χ0v) is 14.9. The lowest BCUT2D eigenvalue weighted by Crippen LogP contribution is -2.22. The summed E-state index contributed by atoms with van der Waals surface area (Å²) in [4.78, 5) is 26.1. The summed E-state index contributed by atoms with van der Waals surface area (Å²) in [6.07, 6.45) is 6.85. The van der Waals surface area contributed by atoms with E-state index in [4.69, 9.17) is 0 Å². The van der Waals surface area contributed by atoms with Gasteiger partial charge in [0.05, 0.1) is 18.1 Å². The van der Waals surface area contributed by atoms with E-state index >= 15 is 0 Å². The van der Waals surface area contributed by atoms with Crippen LogP contribution in [-0.4, -0.2) is 34.5 Å². The van der Waals surface area contributed by atoms with Gasteiger partial charge in [-0.3, -0.25) is 9.78 Å². The first kappa shape index (κ1) is 19.3. The van der Waals surface area contributed by atoms with E-state index in [-0.39, 0.29) is 5.69 Å². The van der Waals surface area contributed by atoms with E-state index in [0.29, 0.717) is 12.4 Å². The molecule has 1 N–H and O–H groups in total. The lowest BCUT2D eigenvalue weighted by Gasteiger charge is -2.17. The number of amides is 1. The van der Waals surface area contributed by atoms with Crippen molar-refractivity contribution in [3.8, 4) is 0 Å². The Labute approximate surface area is 159 Å². The Morgan fingerprint density at radius 2 is 1.79 bits per heavy atom. The number of hydrogen-bond acceptors (Lipinski definition) is 5. The standard InChI is InChI=1S/C19H16F3N5O/c1-27(9-6-12-4-7-23-8-5-12)16-11-24-15(10-25-16)19(28)26-14-3-2-13(20)17(21)18(14)22/h2-5,7-8,10-11H,6,9H2,1H3,(H,26,28). The third-order valence-electron chi connectivity index (χ3n) is 4.03. The quantitative estimate of drug-likeness (QED) is 0.658. The monoisotopic (exact) mass is 387 g/mol. The third kappa shape index (κ3) is 4.43. The van der Waals surface area contributed by atoms with E-state index in [1.165, 1.54) is 12.4 Å². The molecule has 0 saturated carbocycles. The van der Waals surface area contributed by atoms with Gasteiger partial charge in [0, 0.05) is 26.0 Å². The third-order valence-corrected chi connectivity index (χ3v) is 4.03. The normalized spacial score (nSPS) is 10.6. The van der Waals surface area contributed by atoms with Crippen molar-refractivity contribution < 1.29 is 18.0 Å².